The number of allylic oxidation sites excluding steroid dienone is 3. The number of benzene rings is 1. The van der Waals surface area contributed by atoms with Crippen molar-refractivity contribution in [3.8, 4) is 0 Å². The van der Waals surface area contributed by atoms with E-state index in [4.69, 9.17) is 0 Å². The monoisotopic (exact) mass is 296 g/mol. The van der Waals surface area contributed by atoms with Crippen LogP contribution in [0, 0.1) is 5.92 Å². The maximum atomic E-state index is 4.48. The van der Waals surface area contributed by atoms with Gasteiger partial charge in [0.2, 0.25) is 0 Å². The second-order valence-corrected chi connectivity index (χ2v) is 5.95. The van der Waals surface area contributed by atoms with Crippen molar-refractivity contribution < 1.29 is 0 Å². The van der Waals surface area contributed by atoms with Crippen molar-refractivity contribution in [1.29, 1.82) is 0 Å². The fourth-order valence-corrected chi connectivity index (χ4v) is 2.21. The minimum Gasteiger partial charge on any atom is -0.383 e. The van der Waals surface area contributed by atoms with Crippen LogP contribution in [0.4, 0.5) is 5.69 Å². The molecule has 0 heterocycles. The molecule has 118 valence electrons. The van der Waals surface area contributed by atoms with Gasteiger partial charge in [0.05, 0.1) is 5.69 Å². The quantitative estimate of drug-likeness (QED) is 0.496. The maximum Gasteiger partial charge on any atom is 0.0630 e. The van der Waals surface area contributed by atoms with E-state index in [0.29, 0.717) is 12.0 Å². The van der Waals surface area contributed by atoms with E-state index in [9.17, 15) is 0 Å². The van der Waals surface area contributed by atoms with Gasteiger partial charge in [0.1, 0.15) is 0 Å². The van der Waals surface area contributed by atoms with Crippen LogP contribution in [-0.4, -0.2) is 12.3 Å². The Hall–Kier alpha value is -2.09. The van der Waals surface area contributed by atoms with Crippen LogP contribution >= 0.6 is 0 Å². The molecule has 0 aliphatic heterocycles. The molecule has 0 saturated carbocycles. The Balaban J connectivity index is 2.62. The highest BCUT2D eigenvalue weighted by Gasteiger charge is 2.01. The zero-order valence-corrected chi connectivity index (χ0v) is 14.3. The zero-order valence-electron chi connectivity index (χ0n) is 14.3. The average molecular weight is 296 g/mol. The summed E-state index contributed by atoms with van der Waals surface area (Å²) in [6, 6.07) is 8.46. The number of nitrogens with zero attached hydrogens (tertiary/aromatic N) is 1. The molecule has 0 radical (unpaired) electrons. The molecule has 0 fully saturated rings. The molecule has 0 saturated heterocycles. The van der Waals surface area contributed by atoms with Crippen LogP contribution in [-0.2, 0) is 0 Å². The van der Waals surface area contributed by atoms with E-state index in [1.165, 1.54) is 0 Å². The Labute approximate surface area is 135 Å². The van der Waals surface area contributed by atoms with E-state index in [1.807, 2.05) is 37.4 Å². The summed E-state index contributed by atoms with van der Waals surface area (Å²) in [4.78, 5) is 4.48. The van der Waals surface area contributed by atoms with Crippen molar-refractivity contribution >= 4 is 17.6 Å². The standard InChI is InChI=1S/C20H28N2/c1-7-8-16(4)13-17(5)14-21-20-11-9-19(10-12-20)18(6)22-15(2)3/h7-12,14-16,22H,5-6,13H2,1-4H3/b8-7-,21-14?. The summed E-state index contributed by atoms with van der Waals surface area (Å²) < 4.78 is 0. The summed E-state index contributed by atoms with van der Waals surface area (Å²) in [5.41, 5.74) is 4.00. The largest absolute Gasteiger partial charge is 0.383 e. The Morgan fingerprint density at radius 1 is 1.18 bits per heavy atom. The molecule has 1 N–H and O–H groups in total. The molecule has 1 aromatic carbocycles. The second kappa shape index (κ2) is 9.04. The summed E-state index contributed by atoms with van der Waals surface area (Å²) >= 11 is 0. The first-order valence-corrected chi connectivity index (χ1v) is 7.83. The van der Waals surface area contributed by atoms with Crippen molar-refractivity contribution in [3.63, 3.8) is 0 Å². The Kier molecular flexibility index (Phi) is 7.38. The van der Waals surface area contributed by atoms with Gasteiger partial charge in [-0.15, -0.1) is 0 Å². The van der Waals surface area contributed by atoms with Crippen LogP contribution in [0.25, 0.3) is 5.70 Å². The molecule has 1 atom stereocenters. The van der Waals surface area contributed by atoms with Crippen molar-refractivity contribution in [1.82, 2.24) is 5.32 Å². The molecule has 0 spiro atoms. The van der Waals surface area contributed by atoms with Crippen LogP contribution in [0.5, 0.6) is 0 Å². The molecule has 22 heavy (non-hydrogen) atoms. The van der Waals surface area contributed by atoms with Gasteiger partial charge in [0.15, 0.2) is 0 Å². The fourth-order valence-electron chi connectivity index (χ4n) is 2.21. The topological polar surface area (TPSA) is 24.4 Å². The third-order valence-electron chi connectivity index (χ3n) is 3.18. The van der Waals surface area contributed by atoms with Crippen molar-refractivity contribution in [2.45, 2.75) is 40.2 Å². The summed E-state index contributed by atoms with van der Waals surface area (Å²) in [5, 5.41) is 3.31. The first kappa shape index (κ1) is 18.0. The van der Waals surface area contributed by atoms with Gasteiger partial charge in [0.25, 0.3) is 0 Å². The van der Waals surface area contributed by atoms with Gasteiger partial charge in [-0.1, -0.05) is 44.4 Å². The van der Waals surface area contributed by atoms with Crippen LogP contribution in [0.15, 0.2) is 60.1 Å². The number of hydrogen-bond acceptors (Lipinski definition) is 2. The van der Waals surface area contributed by atoms with Gasteiger partial charge in [-0.3, -0.25) is 4.99 Å². The van der Waals surface area contributed by atoms with E-state index in [-0.39, 0.29) is 0 Å². The van der Waals surface area contributed by atoms with Crippen molar-refractivity contribution in [2.24, 2.45) is 10.9 Å². The fraction of sp³-hybridized carbons (Fsp3) is 0.350. The SMILES string of the molecule is C=C(C=Nc1ccc(C(=C)NC(C)C)cc1)CC(C)/C=C\C. The molecule has 0 aliphatic rings. The molecular formula is C20H28N2. The zero-order chi connectivity index (χ0) is 16.5. The van der Waals surface area contributed by atoms with Crippen molar-refractivity contribution in [3.05, 3.63) is 60.7 Å². The van der Waals surface area contributed by atoms with Crippen LogP contribution in [0.1, 0.15) is 39.7 Å². The lowest BCUT2D eigenvalue weighted by Gasteiger charge is -2.12. The first-order chi connectivity index (χ1) is 10.4. The third kappa shape index (κ3) is 6.57. The van der Waals surface area contributed by atoms with Gasteiger partial charge < -0.3 is 5.32 Å². The molecular weight excluding hydrogens is 268 g/mol. The second-order valence-electron chi connectivity index (χ2n) is 5.95. The van der Waals surface area contributed by atoms with E-state index in [1.54, 1.807) is 0 Å². The molecule has 2 heteroatoms. The Morgan fingerprint density at radius 3 is 2.36 bits per heavy atom. The lowest BCUT2D eigenvalue weighted by atomic mass is 10.0. The lowest BCUT2D eigenvalue weighted by Crippen LogP contribution is -2.20. The summed E-state index contributed by atoms with van der Waals surface area (Å²) in [6.07, 6.45) is 7.05. The number of rotatable bonds is 8. The van der Waals surface area contributed by atoms with Gasteiger partial charge in [-0.2, -0.15) is 0 Å². The molecule has 0 bridgehead atoms. The first-order valence-electron chi connectivity index (χ1n) is 7.83. The highest BCUT2D eigenvalue weighted by Crippen LogP contribution is 2.18. The Morgan fingerprint density at radius 2 is 1.82 bits per heavy atom. The molecule has 1 aromatic rings. The number of aliphatic imine (C=N–C) groups is 1. The smallest absolute Gasteiger partial charge is 0.0630 e. The van der Waals surface area contributed by atoms with Crippen LogP contribution < -0.4 is 5.32 Å². The molecule has 2 nitrogen and oxygen atoms in total. The molecule has 1 unspecified atom stereocenters. The van der Waals surface area contributed by atoms with E-state index >= 15 is 0 Å². The van der Waals surface area contributed by atoms with Gasteiger partial charge in [0, 0.05) is 18.0 Å². The lowest BCUT2D eigenvalue weighted by molar-refractivity contribution is 0.718. The number of nitrogens with one attached hydrogen (secondary N) is 1. The molecule has 0 amide bonds. The minimum absolute atomic E-state index is 0.382. The minimum atomic E-state index is 0.382. The van der Waals surface area contributed by atoms with Crippen LogP contribution in [0.3, 0.4) is 0 Å². The molecule has 0 aromatic heterocycles. The normalized spacial score (nSPS) is 13.0. The van der Waals surface area contributed by atoms with Gasteiger partial charge in [-0.25, -0.2) is 0 Å². The predicted octanol–water partition coefficient (Wildman–Crippen LogP) is 5.52. The van der Waals surface area contributed by atoms with Gasteiger partial charge in [-0.05, 0) is 56.4 Å². The summed E-state index contributed by atoms with van der Waals surface area (Å²) in [7, 11) is 0. The summed E-state index contributed by atoms with van der Waals surface area (Å²) in [5.74, 6) is 0.497. The Bertz CT molecular complexity index is 548. The maximum absolute atomic E-state index is 4.48. The predicted molar refractivity (Wildman–Crippen MR) is 99.6 cm³/mol. The van der Waals surface area contributed by atoms with E-state index in [2.05, 4.69) is 56.4 Å². The van der Waals surface area contributed by atoms with Gasteiger partial charge >= 0.3 is 0 Å². The third-order valence-corrected chi connectivity index (χ3v) is 3.18. The van der Waals surface area contributed by atoms with Crippen molar-refractivity contribution in [2.75, 3.05) is 0 Å². The molecule has 1 rings (SSSR count). The highest BCUT2D eigenvalue weighted by atomic mass is 14.9. The highest BCUT2D eigenvalue weighted by molar-refractivity contribution is 5.80. The average Bonchev–Trinajstić information content (AvgIpc) is 2.45. The number of hydrogen-bond donors (Lipinski definition) is 1. The van der Waals surface area contributed by atoms with Crippen LogP contribution in [0.2, 0.25) is 0 Å². The summed E-state index contributed by atoms with van der Waals surface area (Å²) in [6.45, 7) is 16.5. The van der Waals surface area contributed by atoms with E-state index < -0.39 is 0 Å². The molecule has 0 aliphatic carbocycles. The van der Waals surface area contributed by atoms with E-state index in [0.717, 1.165) is 28.9 Å².